The molecule has 0 spiro atoms. The average molecular weight is 350 g/mol. The lowest BCUT2D eigenvalue weighted by molar-refractivity contribution is 0.0750. The number of nitrogens with zero attached hydrogens (tertiary/aromatic N) is 1. The summed E-state index contributed by atoms with van der Waals surface area (Å²) in [7, 11) is 0. The molecule has 0 saturated heterocycles. The van der Waals surface area contributed by atoms with Crippen LogP contribution in [0, 0.1) is 12.7 Å². The van der Waals surface area contributed by atoms with Crippen LogP contribution in [0.25, 0.3) is 0 Å². The first-order chi connectivity index (χ1) is 10.1. The minimum Gasteiger partial charge on any atom is -0.333 e. The Morgan fingerprint density at radius 2 is 1.86 bits per heavy atom. The normalized spacial score (nSPS) is 10.4. The van der Waals surface area contributed by atoms with E-state index in [9.17, 15) is 9.18 Å². The van der Waals surface area contributed by atoms with Crippen molar-refractivity contribution >= 4 is 21.8 Å². The molecule has 0 aromatic heterocycles. The van der Waals surface area contributed by atoms with Gasteiger partial charge in [0.25, 0.3) is 5.91 Å². The van der Waals surface area contributed by atoms with Crippen LogP contribution >= 0.6 is 15.9 Å². The van der Waals surface area contributed by atoms with E-state index in [1.54, 1.807) is 24.0 Å². The number of carbonyl (C=O) groups is 1. The van der Waals surface area contributed by atoms with Gasteiger partial charge >= 0.3 is 0 Å². The van der Waals surface area contributed by atoms with Crippen molar-refractivity contribution in [2.24, 2.45) is 0 Å². The highest BCUT2D eigenvalue weighted by Crippen LogP contribution is 2.16. The lowest BCUT2D eigenvalue weighted by Crippen LogP contribution is -2.33. The predicted octanol–water partition coefficient (Wildman–Crippen LogP) is 4.17. The predicted molar refractivity (Wildman–Crippen MR) is 86.1 cm³/mol. The fourth-order valence-corrected chi connectivity index (χ4v) is 2.57. The Bertz CT molecular complexity index is 615. The minimum absolute atomic E-state index is 0.131. The van der Waals surface area contributed by atoms with Crippen molar-refractivity contribution in [2.45, 2.75) is 13.5 Å². The average Bonchev–Trinajstić information content (AvgIpc) is 2.50. The molecule has 2 aromatic rings. The number of halogens is 2. The number of hydrogen-bond acceptors (Lipinski definition) is 1. The zero-order valence-corrected chi connectivity index (χ0v) is 13.4. The van der Waals surface area contributed by atoms with Crippen molar-refractivity contribution in [2.75, 3.05) is 11.9 Å². The summed E-state index contributed by atoms with van der Waals surface area (Å²) in [5, 5.41) is 0.652. The molecular formula is C17H17BrFNO. The summed E-state index contributed by atoms with van der Waals surface area (Å²) < 4.78 is 14.1. The van der Waals surface area contributed by atoms with Crippen LogP contribution in [-0.4, -0.2) is 22.7 Å². The summed E-state index contributed by atoms with van der Waals surface area (Å²) in [6.45, 7) is 2.66. The Morgan fingerprint density at radius 3 is 2.52 bits per heavy atom. The van der Waals surface area contributed by atoms with Gasteiger partial charge in [0.2, 0.25) is 0 Å². The topological polar surface area (TPSA) is 20.3 Å². The van der Waals surface area contributed by atoms with Crippen LogP contribution in [0.3, 0.4) is 0 Å². The van der Waals surface area contributed by atoms with Gasteiger partial charge in [-0.2, -0.15) is 0 Å². The third-order valence-electron chi connectivity index (χ3n) is 3.28. The molecule has 0 aliphatic carbocycles. The molecule has 0 unspecified atom stereocenters. The molecule has 4 heteroatoms. The van der Waals surface area contributed by atoms with Gasteiger partial charge < -0.3 is 4.90 Å². The molecule has 2 rings (SSSR count). The van der Waals surface area contributed by atoms with Crippen molar-refractivity contribution in [1.82, 2.24) is 4.90 Å². The van der Waals surface area contributed by atoms with Gasteiger partial charge in [0.1, 0.15) is 5.82 Å². The minimum atomic E-state index is -0.435. The first-order valence-corrected chi connectivity index (χ1v) is 7.90. The molecule has 110 valence electrons. The van der Waals surface area contributed by atoms with Gasteiger partial charge in [-0.05, 0) is 24.1 Å². The number of alkyl halides is 1. The molecule has 0 bridgehead atoms. The second kappa shape index (κ2) is 7.36. The summed E-state index contributed by atoms with van der Waals surface area (Å²) in [4.78, 5) is 14.2. The molecule has 0 aliphatic rings. The summed E-state index contributed by atoms with van der Waals surface area (Å²) >= 11 is 3.35. The first-order valence-electron chi connectivity index (χ1n) is 6.77. The maximum absolute atomic E-state index is 14.1. The molecule has 21 heavy (non-hydrogen) atoms. The highest BCUT2D eigenvalue weighted by Gasteiger charge is 2.19. The zero-order valence-electron chi connectivity index (χ0n) is 11.9. The summed E-state index contributed by atoms with van der Waals surface area (Å²) in [6, 6.07) is 14.6. The van der Waals surface area contributed by atoms with Gasteiger partial charge in [-0.25, -0.2) is 4.39 Å². The van der Waals surface area contributed by atoms with Crippen LogP contribution < -0.4 is 0 Å². The SMILES string of the molecule is Cc1cccc(C(=O)N(CCBr)Cc2ccccc2)c1F. The molecule has 0 aliphatic heterocycles. The molecule has 0 atom stereocenters. The largest absolute Gasteiger partial charge is 0.333 e. The molecule has 0 fully saturated rings. The maximum Gasteiger partial charge on any atom is 0.257 e. The number of rotatable bonds is 5. The van der Waals surface area contributed by atoms with Crippen LogP contribution in [0.4, 0.5) is 4.39 Å². The van der Waals surface area contributed by atoms with E-state index in [0.29, 0.717) is 24.0 Å². The first kappa shape index (κ1) is 15.7. The van der Waals surface area contributed by atoms with E-state index in [2.05, 4.69) is 15.9 Å². The quantitative estimate of drug-likeness (QED) is 0.741. The van der Waals surface area contributed by atoms with E-state index in [-0.39, 0.29) is 11.5 Å². The van der Waals surface area contributed by atoms with Crippen molar-refractivity contribution in [3.63, 3.8) is 0 Å². The lowest BCUT2D eigenvalue weighted by Gasteiger charge is -2.22. The Kier molecular flexibility index (Phi) is 5.51. The highest BCUT2D eigenvalue weighted by atomic mass is 79.9. The highest BCUT2D eigenvalue weighted by molar-refractivity contribution is 9.09. The monoisotopic (exact) mass is 349 g/mol. The van der Waals surface area contributed by atoms with Crippen LogP contribution in [0.1, 0.15) is 21.5 Å². The van der Waals surface area contributed by atoms with E-state index >= 15 is 0 Å². The third kappa shape index (κ3) is 3.91. The van der Waals surface area contributed by atoms with Crippen LogP contribution in [0.15, 0.2) is 48.5 Å². The smallest absolute Gasteiger partial charge is 0.257 e. The number of aryl methyl sites for hydroxylation is 1. The summed E-state index contributed by atoms with van der Waals surface area (Å²) in [5.41, 5.74) is 1.64. The second-order valence-electron chi connectivity index (χ2n) is 4.84. The van der Waals surface area contributed by atoms with E-state index in [1.807, 2.05) is 30.3 Å². The molecule has 0 saturated carbocycles. The van der Waals surface area contributed by atoms with Crippen molar-refractivity contribution < 1.29 is 9.18 Å². The van der Waals surface area contributed by atoms with Crippen LogP contribution in [-0.2, 0) is 6.54 Å². The van der Waals surface area contributed by atoms with Gasteiger partial charge in [0, 0.05) is 18.4 Å². The summed E-state index contributed by atoms with van der Waals surface area (Å²) in [6.07, 6.45) is 0. The van der Waals surface area contributed by atoms with Gasteiger partial charge in [0.15, 0.2) is 0 Å². The molecule has 2 nitrogen and oxygen atoms in total. The zero-order chi connectivity index (χ0) is 15.2. The molecule has 1 amide bonds. The van der Waals surface area contributed by atoms with Gasteiger partial charge in [-0.3, -0.25) is 4.79 Å². The van der Waals surface area contributed by atoms with Gasteiger partial charge in [-0.15, -0.1) is 0 Å². The Labute approximate surface area is 132 Å². The number of hydrogen-bond donors (Lipinski definition) is 0. The van der Waals surface area contributed by atoms with Crippen molar-refractivity contribution in [3.8, 4) is 0 Å². The van der Waals surface area contributed by atoms with Gasteiger partial charge in [-0.1, -0.05) is 58.4 Å². The molecule has 0 N–H and O–H groups in total. The standard InChI is InChI=1S/C17H17BrFNO/c1-13-6-5-9-15(16(13)19)17(21)20(11-10-18)12-14-7-3-2-4-8-14/h2-9H,10-12H2,1H3. The fourth-order valence-electron chi connectivity index (χ4n) is 2.14. The van der Waals surface area contributed by atoms with Crippen LogP contribution in [0.5, 0.6) is 0 Å². The second-order valence-corrected chi connectivity index (χ2v) is 5.63. The lowest BCUT2D eigenvalue weighted by atomic mass is 10.1. The third-order valence-corrected chi connectivity index (χ3v) is 3.63. The van der Waals surface area contributed by atoms with Crippen molar-refractivity contribution in [3.05, 3.63) is 71.0 Å². The number of amides is 1. The van der Waals surface area contributed by atoms with Crippen LogP contribution in [0.2, 0.25) is 0 Å². The van der Waals surface area contributed by atoms with E-state index < -0.39 is 5.82 Å². The van der Waals surface area contributed by atoms with E-state index in [4.69, 9.17) is 0 Å². The maximum atomic E-state index is 14.1. The molecular weight excluding hydrogens is 333 g/mol. The number of benzene rings is 2. The van der Waals surface area contributed by atoms with E-state index in [0.717, 1.165) is 5.56 Å². The van der Waals surface area contributed by atoms with E-state index in [1.165, 1.54) is 6.07 Å². The molecule has 0 radical (unpaired) electrons. The summed E-state index contributed by atoms with van der Waals surface area (Å²) in [5.74, 6) is -0.713. The Balaban J connectivity index is 2.25. The fraction of sp³-hybridized carbons (Fsp3) is 0.235. The number of carbonyl (C=O) groups excluding carboxylic acids is 1. The molecule has 2 aromatic carbocycles. The van der Waals surface area contributed by atoms with Gasteiger partial charge in [0.05, 0.1) is 5.56 Å². The molecule has 0 heterocycles. The van der Waals surface area contributed by atoms with Crippen molar-refractivity contribution in [1.29, 1.82) is 0 Å². The Hall–Kier alpha value is -1.68. The Morgan fingerprint density at radius 1 is 1.14 bits per heavy atom.